The first kappa shape index (κ1) is 14.7. The second-order valence-electron chi connectivity index (χ2n) is 6.66. The number of aromatic amines is 1. The van der Waals surface area contributed by atoms with Crippen molar-refractivity contribution in [1.82, 2.24) is 4.98 Å². The van der Waals surface area contributed by atoms with E-state index in [0.29, 0.717) is 5.92 Å². The van der Waals surface area contributed by atoms with Crippen molar-refractivity contribution in [3.05, 3.63) is 76.4 Å². The summed E-state index contributed by atoms with van der Waals surface area (Å²) in [5.41, 5.74) is 6.67. The summed E-state index contributed by atoms with van der Waals surface area (Å²) >= 11 is 1.83. The third-order valence-electron chi connectivity index (χ3n) is 5.23. The molecule has 2 heterocycles. The number of hydrogen-bond donors (Lipinski definition) is 1. The molecule has 1 aromatic carbocycles. The molecule has 1 unspecified atom stereocenters. The number of hydrogen-bond acceptors (Lipinski definition) is 1. The summed E-state index contributed by atoms with van der Waals surface area (Å²) in [4.78, 5) is 4.94. The van der Waals surface area contributed by atoms with Crippen LogP contribution in [-0.2, 0) is 6.42 Å². The lowest BCUT2D eigenvalue weighted by Gasteiger charge is -2.21. The lowest BCUT2D eigenvalue weighted by Crippen LogP contribution is -2.10. The molecule has 0 bridgehead atoms. The van der Waals surface area contributed by atoms with Crippen molar-refractivity contribution in [2.45, 2.75) is 13.3 Å². The van der Waals surface area contributed by atoms with E-state index in [9.17, 15) is 0 Å². The molecule has 0 radical (unpaired) electrons. The molecule has 0 fully saturated rings. The van der Waals surface area contributed by atoms with Gasteiger partial charge in [-0.3, -0.25) is 0 Å². The van der Waals surface area contributed by atoms with Crippen molar-refractivity contribution in [2.24, 2.45) is 5.92 Å². The van der Waals surface area contributed by atoms with Crippen LogP contribution in [0.15, 0.2) is 54.7 Å². The van der Waals surface area contributed by atoms with Gasteiger partial charge in [-0.15, -0.1) is 11.3 Å². The second kappa shape index (κ2) is 5.47. The summed E-state index contributed by atoms with van der Waals surface area (Å²) in [7, 11) is 0. The van der Waals surface area contributed by atoms with Gasteiger partial charge in [-0.2, -0.15) is 0 Å². The Kier molecular flexibility index (Phi) is 3.22. The topological polar surface area (TPSA) is 15.8 Å². The molecule has 1 N–H and O–H groups in total. The summed E-state index contributed by atoms with van der Waals surface area (Å²) in [6, 6.07) is 4.47. The predicted molar refractivity (Wildman–Crippen MR) is 112 cm³/mol. The first-order chi connectivity index (χ1) is 12.3. The second-order valence-corrected chi connectivity index (χ2v) is 7.75. The van der Waals surface area contributed by atoms with Crippen LogP contribution in [-0.4, -0.2) is 4.98 Å². The average molecular weight is 341 g/mol. The van der Waals surface area contributed by atoms with Crippen LogP contribution in [0.2, 0.25) is 0 Å². The molecule has 2 aliphatic carbocycles. The molecule has 122 valence electrons. The number of fused-ring (bicyclic) bond motifs is 6. The quantitative estimate of drug-likeness (QED) is 0.531. The maximum atomic E-state index is 4.02. The van der Waals surface area contributed by atoms with Gasteiger partial charge in [0.1, 0.15) is 0 Å². The molecule has 3 aromatic rings. The Bertz CT molecular complexity index is 1140. The highest BCUT2D eigenvalue weighted by Gasteiger charge is 2.24. The van der Waals surface area contributed by atoms with Crippen LogP contribution in [0.1, 0.15) is 28.6 Å². The zero-order chi connectivity index (χ0) is 17.0. The van der Waals surface area contributed by atoms with E-state index in [0.717, 1.165) is 6.42 Å². The zero-order valence-corrected chi connectivity index (χ0v) is 15.0. The van der Waals surface area contributed by atoms with Crippen molar-refractivity contribution in [3.63, 3.8) is 0 Å². The summed E-state index contributed by atoms with van der Waals surface area (Å²) < 4.78 is 1.33. The molecule has 2 aromatic heterocycles. The van der Waals surface area contributed by atoms with E-state index in [-0.39, 0.29) is 0 Å². The Balaban J connectivity index is 1.90. The van der Waals surface area contributed by atoms with E-state index < -0.39 is 0 Å². The Labute approximate surface area is 151 Å². The van der Waals surface area contributed by atoms with Crippen molar-refractivity contribution in [1.29, 1.82) is 0 Å². The number of thiophene rings is 1. The van der Waals surface area contributed by atoms with Crippen LogP contribution in [0.25, 0.3) is 39.2 Å². The van der Waals surface area contributed by atoms with E-state index in [2.05, 4.69) is 73.2 Å². The predicted octanol–water partition coefficient (Wildman–Crippen LogP) is 6.74. The van der Waals surface area contributed by atoms with Crippen molar-refractivity contribution in [3.8, 4) is 0 Å². The molecule has 5 rings (SSSR count). The summed E-state index contributed by atoms with van der Waals surface area (Å²) in [6.07, 6.45) is 18.6. The van der Waals surface area contributed by atoms with Crippen LogP contribution in [0.3, 0.4) is 0 Å². The molecule has 0 spiro atoms. The molecule has 0 saturated carbocycles. The van der Waals surface area contributed by atoms with Gasteiger partial charge in [0.05, 0.1) is 0 Å². The van der Waals surface area contributed by atoms with E-state index in [1.165, 1.54) is 48.3 Å². The fraction of sp³-hybridized carbons (Fsp3) is 0.130. The van der Waals surface area contributed by atoms with Crippen molar-refractivity contribution in [2.75, 3.05) is 0 Å². The van der Waals surface area contributed by atoms with Gasteiger partial charge < -0.3 is 4.98 Å². The normalized spacial score (nSPS) is 18.8. The Morgan fingerprint density at radius 2 is 2.16 bits per heavy atom. The fourth-order valence-corrected chi connectivity index (χ4v) is 5.18. The number of aromatic nitrogens is 1. The maximum absolute atomic E-state index is 4.02. The molecule has 2 heteroatoms. The molecule has 0 saturated heterocycles. The molecular formula is C23H19NS. The summed E-state index contributed by atoms with van der Waals surface area (Å²) in [6.45, 7) is 6.10. The highest BCUT2D eigenvalue weighted by molar-refractivity contribution is 7.20. The lowest BCUT2D eigenvalue weighted by molar-refractivity contribution is 0.745. The molecule has 1 atom stereocenters. The van der Waals surface area contributed by atoms with Crippen LogP contribution < -0.4 is 0 Å². The van der Waals surface area contributed by atoms with Gasteiger partial charge in [-0.25, -0.2) is 0 Å². The van der Waals surface area contributed by atoms with Crippen molar-refractivity contribution >= 4 is 50.6 Å². The molecule has 2 aliphatic rings. The number of allylic oxidation sites excluding steroid dienone is 6. The monoisotopic (exact) mass is 341 g/mol. The highest BCUT2D eigenvalue weighted by atomic mass is 32.1. The smallest absolute Gasteiger partial charge is 0.0469 e. The van der Waals surface area contributed by atoms with E-state index >= 15 is 0 Å². The Morgan fingerprint density at radius 3 is 3.00 bits per heavy atom. The third kappa shape index (κ3) is 2.07. The summed E-state index contributed by atoms with van der Waals surface area (Å²) in [5, 5.41) is 2.72. The minimum Gasteiger partial charge on any atom is -0.358 e. The SMILES string of the molecule is C=Cc1sc2ccc3[nH]c4c(c3c2c1/C=C\C)C=C1C=CC=CC1C4. The minimum atomic E-state index is 0.502. The zero-order valence-electron chi connectivity index (χ0n) is 14.2. The molecular weight excluding hydrogens is 322 g/mol. The number of nitrogens with one attached hydrogen (secondary N) is 1. The highest BCUT2D eigenvalue weighted by Crippen LogP contribution is 2.43. The van der Waals surface area contributed by atoms with E-state index in [4.69, 9.17) is 0 Å². The van der Waals surface area contributed by atoms with Crippen LogP contribution in [0.5, 0.6) is 0 Å². The average Bonchev–Trinajstić information content (AvgIpc) is 3.17. The van der Waals surface area contributed by atoms with Gasteiger partial charge in [0.25, 0.3) is 0 Å². The number of benzene rings is 1. The largest absolute Gasteiger partial charge is 0.358 e. The number of H-pyrrole nitrogens is 1. The fourth-order valence-electron chi connectivity index (χ4n) is 4.13. The minimum absolute atomic E-state index is 0.502. The van der Waals surface area contributed by atoms with Gasteiger partial charge in [-0.1, -0.05) is 49.1 Å². The third-order valence-corrected chi connectivity index (χ3v) is 6.39. The summed E-state index contributed by atoms with van der Waals surface area (Å²) in [5.74, 6) is 0.502. The standard InChI is InChI=1S/C23H19NS/c1-3-7-16-20(4-2)25-21-11-10-18-22(23(16)21)17-12-14-8-5-6-9-15(14)13-19(17)24-18/h3-12,15,24H,2,13H2,1H3/b7-3-. The molecule has 0 amide bonds. The van der Waals surface area contributed by atoms with Gasteiger partial charge in [0.15, 0.2) is 0 Å². The Hall–Kier alpha value is -2.58. The van der Waals surface area contributed by atoms with Crippen molar-refractivity contribution < 1.29 is 0 Å². The van der Waals surface area contributed by atoms with Gasteiger partial charge in [-0.05, 0) is 37.1 Å². The van der Waals surface area contributed by atoms with E-state index in [1.807, 2.05) is 17.4 Å². The van der Waals surface area contributed by atoms with Gasteiger partial charge in [0.2, 0.25) is 0 Å². The van der Waals surface area contributed by atoms with Crippen LogP contribution >= 0.6 is 11.3 Å². The van der Waals surface area contributed by atoms with Crippen LogP contribution in [0, 0.1) is 5.92 Å². The van der Waals surface area contributed by atoms with Crippen LogP contribution in [0.4, 0.5) is 0 Å². The molecule has 1 nitrogen and oxygen atoms in total. The maximum Gasteiger partial charge on any atom is 0.0469 e. The lowest BCUT2D eigenvalue weighted by atomic mass is 9.83. The van der Waals surface area contributed by atoms with E-state index in [1.54, 1.807) is 0 Å². The molecule has 0 aliphatic heterocycles. The van der Waals surface area contributed by atoms with Gasteiger partial charge >= 0.3 is 0 Å². The Morgan fingerprint density at radius 1 is 1.24 bits per heavy atom. The first-order valence-corrected chi connectivity index (χ1v) is 9.53. The number of rotatable bonds is 2. The first-order valence-electron chi connectivity index (χ1n) is 8.72. The molecule has 25 heavy (non-hydrogen) atoms. The van der Waals surface area contributed by atoms with Gasteiger partial charge in [0, 0.05) is 48.6 Å².